The Hall–Kier alpha value is -1.75. The molecule has 1 heterocycles. The molecule has 1 aliphatic heterocycles. The second kappa shape index (κ2) is 7.14. The van der Waals surface area contributed by atoms with Crippen LogP contribution < -0.4 is 15.8 Å². The van der Waals surface area contributed by atoms with E-state index in [4.69, 9.17) is 15.2 Å². The Bertz CT molecular complexity index is 450. The van der Waals surface area contributed by atoms with Crippen LogP contribution in [0.25, 0.3) is 0 Å². The van der Waals surface area contributed by atoms with Gasteiger partial charge < -0.3 is 20.5 Å². The first-order chi connectivity index (χ1) is 9.65. The van der Waals surface area contributed by atoms with Crippen LogP contribution in [0, 0.1) is 0 Å². The van der Waals surface area contributed by atoms with Crippen molar-refractivity contribution in [3.05, 3.63) is 24.3 Å². The summed E-state index contributed by atoms with van der Waals surface area (Å²) in [6.07, 6.45) is 2.47. The minimum absolute atomic E-state index is 0.225. The van der Waals surface area contributed by atoms with Gasteiger partial charge in [0.05, 0.1) is 24.8 Å². The van der Waals surface area contributed by atoms with Crippen molar-refractivity contribution in [1.82, 2.24) is 0 Å². The maximum Gasteiger partial charge on any atom is 0.220 e. The smallest absolute Gasteiger partial charge is 0.220 e. The molecule has 1 aromatic rings. The monoisotopic (exact) mass is 278 g/mol. The zero-order valence-corrected chi connectivity index (χ0v) is 11.8. The normalized spacial score (nSPS) is 22.2. The largest absolute Gasteiger partial charge is 0.491 e. The van der Waals surface area contributed by atoms with Crippen LogP contribution in [-0.2, 0) is 9.53 Å². The Kier molecular flexibility index (Phi) is 5.24. The molecule has 0 bridgehead atoms. The lowest BCUT2D eigenvalue weighted by molar-refractivity contribution is -0.118. The molecule has 5 nitrogen and oxygen atoms in total. The van der Waals surface area contributed by atoms with E-state index in [0.717, 1.165) is 30.9 Å². The molecule has 0 aromatic heterocycles. The van der Waals surface area contributed by atoms with Crippen molar-refractivity contribution in [1.29, 1.82) is 0 Å². The molecule has 2 rings (SSSR count). The van der Waals surface area contributed by atoms with Crippen molar-refractivity contribution >= 4 is 11.6 Å². The number of para-hydroxylation sites is 2. The summed E-state index contributed by atoms with van der Waals surface area (Å²) in [6.45, 7) is 3.17. The van der Waals surface area contributed by atoms with Gasteiger partial charge in [0.25, 0.3) is 0 Å². The molecule has 0 spiro atoms. The first kappa shape index (κ1) is 14.7. The van der Waals surface area contributed by atoms with Gasteiger partial charge in [0, 0.05) is 12.6 Å². The van der Waals surface area contributed by atoms with E-state index in [2.05, 4.69) is 12.2 Å². The summed E-state index contributed by atoms with van der Waals surface area (Å²) in [7, 11) is 0. The van der Waals surface area contributed by atoms with Crippen LogP contribution in [0.15, 0.2) is 24.3 Å². The number of nitrogens with two attached hydrogens (primary N) is 1. The number of amides is 1. The van der Waals surface area contributed by atoms with Gasteiger partial charge in [-0.3, -0.25) is 4.79 Å². The molecule has 1 amide bonds. The number of hydrogen-bond donors (Lipinski definition) is 2. The van der Waals surface area contributed by atoms with E-state index in [-0.39, 0.29) is 18.4 Å². The molecular formula is C15H22N2O3. The third-order valence-electron chi connectivity index (χ3n) is 3.34. The molecule has 0 radical (unpaired) electrons. The fraction of sp³-hybridized carbons (Fsp3) is 0.533. The van der Waals surface area contributed by atoms with Crippen molar-refractivity contribution in [2.75, 3.05) is 18.5 Å². The lowest BCUT2D eigenvalue weighted by atomic mass is 10.0. The number of nitrogens with one attached hydrogen (secondary N) is 1. The number of benzene rings is 1. The fourth-order valence-electron chi connectivity index (χ4n) is 2.32. The second-order valence-corrected chi connectivity index (χ2v) is 5.11. The fourth-order valence-corrected chi connectivity index (χ4v) is 2.32. The quantitative estimate of drug-likeness (QED) is 0.833. The molecule has 3 N–H and O–H groups in total. The van der Waals surface area contributed by atoms with Gasteiger partial charge in [-0.05, 0) is 31.9 Å². The van der Waals surface area contributed by atoms with E-state index in [1.54, 1.807) is 0 Å². The average Bonchev–Trinajstić information content (AvgIpc) is 2.40. The van der Waals surface area contributed by atoms with Crippen molar-refractivity contribution in [2.24, 2.45) is 5.73 Å². The Morgan fingerprint density at radius 2 is 2.30 bits per heavy atom. The van der Waals surface area contributed by atoms with Gasteiger partial charge in [0.15, 0.2) is 0 Å². The highest BCUT2D eigenvalue weighted by atomic mass is 16.5. The third kappa shape index (κ3) is 4.42. The Morgan fingerprint density at radius 3 is 3.05 bits per heavy atom. The number of rotatable bonds is 6. The van der Waals surface area contributed by atoms with Crippen molar-refractivity contribution in [2.45, 2.75) is 38.3 Å². The van der Waals surface area contributed by atoms with E-state index in [1.807, 2.05) is 24.3 Å². The Labute approximate surface area is 119 Å². The van der Waals surface area contributed by atoms with E-state index >= 15 is 0 Å². The van der Waals surface area contributed by atoms with Crippen LogP contribution in [-0.4, -0.2) is 31.3 Å². The minimum Gasteiger partial charge on any atom is -0.491 e. The summed E-state index contributed by atoms with van der Waals surface area (Å²) >= 11 is 0. The second-order valence-electron chi connectivity index (χ2n) is 5.11. The van der Waals surface area contributed by atoms with Gasteiger partial charge in [-0.1, -0.05) is 12.1 Å². The van der Waals surface area contributed by atoms with Crippen molar-refractivity contribution < 1.29 is 14.3 Å². The van der Waals surface area contributed by atoms with E-state index in [9.17, 15) is 4.79 Å². The number of carbonyl (C=O) groups excluding carboxylic acids is 1. The molecule has 1 saturated heterocycles. The molecule has 110 valence electrons. The third-order valence-corrected chi connectivity index (χ3v) is 3.34. The van der Waals surface area contributed by atoms with Crippen molar-refractivity contribution in [3.8, 4) is 5.75 Å². The molecule has 0 saturated carbocycles. The van der Waals surface area contributed by atoms with E-state index in [0.29, 0.717) is 12.6 Å². The topological polar surface area (TPSA) is 73.6 Å². The van der Waals surface area contributed by atoms with Crippen LogP contribution >= 0.6 is 0 Å². The predicted octanol–water partition coefficient (Wildman–Crippen LogP) is 1.92. The van der Waals surface area contributed by atoms with E-state index in [1.165, 1.54) is 0 Å². The Balaban J connectivity index is 1.94. The standard InChI is InChI=1S/C15H22N2O3/c1-11-10-12(6-8-19-11)17-13-4-2-3-5-14(13)20-9-7-15(16)18/h2-5,11-12,17H,6-10H2,1H3,(H2,16,18). The minimum atomic E-state index is -0.353. The van der Waals surface area contributed by atoms with Gasteiger partial charge in [-0.25, -0.2) is 0 Å². The highest BCUT2D eigenvalue weighted by Gasteiger charge is 2.20. The van der Waals surface area contributed by atoms with Crippen LogP contribution in [0.2, 0.25) is 0 Å². The molecule has 2 unspecified atom stereocenters. The predicted molar refractivity (Wildman–Crippen MR) is 77.8 cm³/mol. The molecular weight excluding hydrogens is 256 g/mol. The number of hydrogen-bond acceptors (Lipinski definition) is 4. The van der Waals surface area contributed by atoms with Gasteiger partial charge in [-0.2, -0.15) is 0 Å². The van der Waals surface area contributed by atoms with Gasteiger partial charge >= 0.3 is 0 Å². The van der Waals surface area contributed by atoms with E-state index < -0.39 is 0 Å². The summed E-state index contributed by atoms with van der Waals surface area (Å²) in [6, 6.07) is 8.15. The molecule has 2 atom stereocenters. The average molecular weight is 278 g/mol. The number of ether oxygens (including phenoxy) is 2. The zero-order valence-electron chi connectivity index (χ0n) is 11.8. The summed E-state index contributed by atoms with van der Waals surface area (Å²) in [5.74, 6) is 0.404. The summed E-state index contributed by atoms with van der Waals surface area (Å²) in [5.41, 5.74) is 6.07. The number of primary amides is 1. The van der Waals surface area contributed by atoms with Crippen LogP contribution in [0.5, 0.6) is 5.75 Å². The van der Waals surface area contributed by atoms with Gasteiger partial charge in [0.1, 0.15) is 5.75 Å². The van der Waals surface area contributed by atoms with Crippen LogP contribution in [0.3, 0.4) is 0 Å². The highest BCUT2D eigenvalue weighted by Crippen LogP contribution is 2.27. The molecule has 1 aromatic carbocycles. The Morgan fingerprint density at radius 1 is 1.50 bits per heavy atom. The molecule has 1 fully saturated rings. The maximum atomic E-state index is 10.7. The lowest BCUT2D eigenvalue weighted by Crippen LogP contribution is -2.32. The highest BCUT2D eigenvalue weighted by molar-refractivity contribution is 5.73. The molecule has 5 heteroatoms. The van der Waals surface area contributed by atoms with Gasteiger partial charge in [-0.15, -0.1) is 0 Å². The SMILES string of the molecule is CC1CC(Nc2ccccc2OCCC(N)=O)CCO1. The lowest BCUT2D eigenvalue weighted by Gasteiger charge is -2.29. The summed E-state index contributed by atoms with van der Waals surface area (Å²) in [4.78, 5) is 10.7. The van der Waals surface area contributed by atoms with Gasteiger partial charge in [0.2, 0.25) is 5.91 Å². The molecule has 20 heavy (non-hydrogen) atoms. The van der Waals surface area contributed by atoms with Crippen LogP contribution in [0.1, 0.15) is 26.2 Å². The summed E-state index contributed by atoms with van der Waals surface area (Å²) < 4.78 is 11.2. The first-order valence-electron chi connectivity index (χ1n) is 7.03. The van der Waals surface area contributed by atoms with Crippen molar-refractivity contribution in [3.63, 3.8) is 0 Å². The zero-order chi connectivity index (χ0) is 14.4. The molecule has 0 aliphatic carbocycles. The number of anilines is 1. The first-order valence-corrected chi connectivity index (χ1v) is 7.03. The molecule has 1 aliphatic rings. The number of carbonyl (C=O) groups is 1. The maximum absolute atomic E-state index is 10.7. The van der Waals surface area contributed by atoms with Crippen LogP contribution in [0.4, 0.5) is 5.69 Å². The summed E-state index contributed by atoms with van der Waals surface area (Å²) in [5, 5.41) is 3.50.